The fourth-order valence-electron chi connectivity index (χ4n) is 7.28. The molecule has 1 aromatic carbocycles. The number of carbonyl (C=O) groups is 2. The second-order valence-corrected chi connectivity index (χ2v) is 11.8. The normalized spacial score (nSPS) is 29.2. The summed E-state index contributed by atoms with van der Waals surface area (Å²) in [5.74, 6) is 2.67. The highest BCUT2D eigenvalue weighted by Gasteiger charge is 2.54. The minimum atomic E-state index is -0.264. The minimum absolute atomic E-state index is 0.0655. The van der Waals surface area contributed by atoms with Crippen LogP contribution in [0.15, 0.2) is 33.9 Å². The summed E-state index contributed by atoms with van der Waals surface area (Å²) in [4.78, 5) is 29.4. The van der Waals surface area contributed by atoms with Crippen LogP contribution in [0.4, 0.5) is 4.39 Å². The molecule has 2 amide bonds. The van der Waals surface area contributed by atoms with Gasteiger partial charge in [-0.05, 0) is 80.4 Å². The van der Waals surface area contributed by atoms with Gasteiger partial charge in [0.25, 0.3) is 5.22 Å². The molecule has 1 aliphatic heterocycles. The van der Waals surface area contributed by atoms with Crippen molar-refractivity contribution in [2.75, 3.05) is 12.3 Å². The summed E-state index contributed by atoms with van der Waals surface area (Å²) in [5, 5.41) is 8.53. The Morgan fingerprint density at radius 3 is 2.43 bits per heavy atom. The van der Waals surface area contributed by atoms with Crippen LogP contribution in [0.1, 0.15) is 62.8 Å². The van der Waals surface area contributed by atoms with E-state index >= 15 is 0 Å². The van der Waals surface area contributed by atoms with Gasteiger partial charge in [0.2, 0.25) is 17.7 Å². The minimum Gasteiger partial charge on any atom is -0.414 e. The van der Waals surface area contributed by atoms with Crippen LogP contribution in [0.3, 0.4) is 0 Å². The number of hydrogen-bond donors (Lipinski definition) is 0. The molecule has 2 aromatic rings. The number of nitrogens with zero attached hydrogens (tertiary/aromatic N) is 4. The van der Waals surface area contributed by atoms with E-state index in [9.17, 15) is 14.0 Å². The number of likely N-dealkylation sites (tertiary alicyclic amines) is 1. The van der Waals surface area contributed by atoms with Crippen LogP contribution in [0.2, 0.25) is 0 Å². The number of hydrogen-bond acceptors (Lipinski definition) is 6. The largest absolute Gasteiger partial charge is 0.414 e. The first kappa shape index (κ1) is 23.0. The summed E-state index contributed by atoms with van der Waals surface area (Å²) in [6.45, 7) is 1.54. The predicted molar refractivity (Wildman–Crippen MR) is 128 cm³/mol. The number of carbonyl (C=O) groups excluding carboxylic acids is 2. The van der Waals surface area contributed by atoms with Gasteiger partial charge in [-0.1, -0.05) is 23.9 Å². The Labute approximate surface area is 208 Å². The van der Waals surface area contributed by atoms with Crippen LogP contribution in [-0.2, 0) is 22.7 Å². The molecule has 7 nitrogen and oxygen atoms in total. The Balaban J connectivity index is 1.17. The second kappa shape index (κ2) is 9.22. The van der Waals surface area contributed by atoms with Gasteiger partial charge in [0, 0.05) is 25.0 Å². The van der Waals surface area contributed by atoms with Gasteiger partial charge < -0.3 is 14.2 Å². The van der Waals surface area contributed by atoms with E-state index < -0.39 is 0 Å². The highest BCUT2D eigenvalue weighted by atomic mass is 32.2. The molecule has 0 atom stereocenters. The maximum absolute atomic E-state index is 13.7. The lowest BCUT2D eigenvalue weighted by molar-refractivity contribution is -0.149. The van der Waals surface area contributed by atoms with E-state index in [0.29, 0.717) is 54.9 Å². The lowest BCUT2D eigenvalue weighted by Gasteiger charge is -2.60. The molecule has 4 aliphatic carbocycles. The van der Waals surface area contributed by atoms with Gasteiger partial charge in [0.1, 0.15) is 5.82 Å². The summed E-state index contributed by atoms with van der Waals surface area (Å²) in [5.41, 5.74) is 0.854. The molecule has 1 saturated heterocycles. The number of amides is 2. The highest BCUT2D eigenvalue weighted by molar-refractivity contribution is 7.99. The third-order valence-corrected chi connectivity index (χ3v) is 9.20. The molecule has 5 aliphatic rings. The van der Waals surface area contributed by atoms with Crippen LogP contribution in [-0.4, -0.2) is 49.6 Å². The Kier molecular flexibility index (Phi) is 6.06. The average Bonchev–Trinajstić information content (AvgIpc) is 3.45. The first-order valence-electron chi connectivity index (χ1n) is 12.7. The maximum atomic E-state index is 13.7. The van der Waals surface area contributed by atoms with Crippen molar-refractivity contribution in [2.24, 2.45) is 17.8 Å². The van der Waals surface area contributed by atoms with Gasteiger partial charge >= 0.3 is 0 Å². The molecule has 0 radical (unpaired) electrons. The van der Waals surface area contributed by atoms with E-state index in [1.54, 1.807) is 17.0 Å². The van der Waals surface area contributed by atoms with E-state index in [1.807, 2.05) is 0 Å². The van der Waals surface area contributed by atoms with Crippen molar-refractivity contribution < 1.29 is 18.4 Å². The molecule has 0 spiro atoms. The SMILES string of the molecule is O=C1CCCN1Cc1nnc(SCC(=O)N(Cc2ccc(F)cc2)C23CC4CC(CC(C4)C2)C3)o1. The third-order valence-electron chi connectivity index (χ3n) is 8.40. The van der Waals surface area contributed by atoms with Gasteiger partial charge in [0.05, 0.1) is 12.3 Å². The number of rotatable bonds is 8. The fourth-order valence-corrected chi connectivity index (χ4v) is 7.94. The number of benzene rings is 1. The first-order chi connectivity index (χ1) is 17.0. The number of thioether (sulfide) groups is 1. The van der Waals surface area contributed by atoms with Gasteiger partial charge in [0.15, 0.2) is 0 Å². The molecule has 1 aromatic heterocycles. The lowest BCUT2D eigenvalue weighted by atomic mass is 9.52. The Hall–Kier alpha value is -2.42. The topological polar surface area (TPSA) is 79.5 Å². The van der Waals surface area contributed by atoms with Crippen LogP contribution >= 0.6 is 11.8 Å². The van der Waals surface area contributed by atoms with Gasteiger partial charge in [-0.3, -0.25) is 9.59 Å². The summed E-state index contributed by atoms with van der Waals surface area (Å²) in [6.07, 6.45) is 8.56. The molecule has 5 fully saturated rings. The molecular weight excluding hydrogens is 467 g/mol. The van der Waals surface area contributed by atoms with Crippen LogP contribution in [0.5, 0.6) is 0 Å². The molecule has 186 valence electrons. The summed E-state index contributed by atoms with van der Waals surface area (Å²) >= 11 is 1.26. The quantitative estimate of drug-likeness (QED) is 0.502. The van der Waals surface area contributed by atoms with Crippen molar-refractivity contribution >= 4 is 23.6 Å². The molecule has 0 N–H and O–H groups in total. The van der Waals surface area contributed by atoms with Crippen molar-refractivity contribution in [3.8, 4) is 0 Å². The van der Waals surface area contributed by atoms with E-state index in [1.165, 1.54) is 43.2 Å². The van der Waals surface area contributed by atoms with Crippen LogP contribution in [0, 0.1) is 23.6 Å². The Morgan fingerprint density at radius 2 is 1.80 bits per heavy atom. The van der Waals surface area contributed by atoms with E-state index in [2.05, 4.69) is 15.1 Å². The molecule has 4 bridgehead atoms. The standard InChI is InChI=1S/C26H31FN4O3S/c27-21-5-3-17(4-6-21)14-31(26-11-18-8-19(12-26)10-20(9-18)13-26)24(33)16-35-25-29-28-22(34-25)15-30-7-1-2-23(30)32/h3-6,18-20H,1-2,7-16H2. The maximum Gasteiger partial charge on any atom is 0.277 e. The number of halogens is 1. The summed E-state index contributed by atoms with van der Waals surface area (Å²) < 4.78 is 19.3. The van der Waals surface area contributed by atoms with E-state index in [0.717, 1.165) is 31.2 Å². The van der Waals surface area contributed by atoms with E-state index in [4.69, 9.17) is 4.42 Å². The second-order valence-electron chi connectivity index (χ2n) is 10.9. The van der Waals surface area contributed by atoms with Crippen molar-refractivity contribution in [1.29, 1.82) is 0 Å². The molecule has 7 rings (SSSR count). The van der Waals surface area contributed by atoms with Crippen molar-refractivity contribution in [2.45, 2.75) is 75.2 Å². The predicted octanol–water partition coefficient (Wildman–Crippen LogP) is 4.42. The summed E-state index contributed by atoms with van der Waals surface area (Å²) in [6, 6.07) is 6.51. The summed E-state index contributed by atoms with van der Waals surface area (Å²) in [7, 11) is 0. The smallest absolute Gasteiger partial charge is 0.277 e. The van der Waals surface area contributed by atoms with E-state index in [-0.39, 0.29) is 28.9 Å². The Bertz CT molecular complexity index is 1070. The average molecular weight is 499 g/mol. The fraction of sp³-hybridized carbons (Fsp3) is 0.615. The van der Waals surface area contributed by atoms with Crippen LogP contribution in [0.25, 0.3) is 0 Å². The first-order valence-corrected chi connectivity index (χ1v) is 13.7. The lowest BCUT2D eigenvalue weighted by Crippen LogP contribution is -2.61. The number of aromatic nitrogens is 2. The molecule has 0 unspecified atom stereocenters. The van der Waals surface area contributed by atoms with Crippen molar-refractivity contribution in [1.82, 2.24) is 20.0 Å². The molecule has 35 heavy (non-hydrogen) atoms. The molecule has 4 saturated carbocycles. The Morgan fingerprint density at radius 1 is 1.11 bits per heavy atom. The van der Waals surface area contributed by atoms with Crippen molar-refractivity contribution in [3.63, 3.8) is 0 Å². The third kappa shape index (κ3) is 4.71. The zero-order chi connectivity index (χ0) is 24.0. The van der Waals surface area contributed by atoms with Gasteiger partial charge in [-0.15, -0.1) is 10.2 Å². The van der Waals surface area contributed by atoms with Crippen LogP contribution < -0.4 is 0 Å². The molecule has 2 heterocycles. The zero-order valence-electron chi connectivity index (χ0n) is 19.8. The zero-order valence-corrected chi connectivity index (χ0v) is 20.6. The highest BCUT2D eigenvalue weighted by Crippen LogP contribution is 2.58. The van der Waals surface area contributed by atoms with Gasteiger partial charge in [-0.25, -0.2) is 4.39 Å². The van der Waals surface area contributed by atoms with Gasteiger partial charge in [-0.2, -0.15) is 0 Å². The van der Waals surface area contributed by atoms with Crippen molar-refractivity contribution in [3.05, 3.63) is 41.5 Å². The monoisotopic (exact) mass is 498 g/mol. The molecule has 9 heteroatoms. The molecular formula is C26H31FN4O3S.